The molecule has 318 valence electrons. The molecule has 2 N–H and O–H groups in total. The maximum absolute atomic E-state index is 13.5. The minimum absolute atomic E-state index is 0.0233. The first-order valence-electron chi connectivity index (χ1n) is 20.1. The third-order valence-electron chi connectivity index (χ3n) is 10.2. The smallest absolute Gasteiger partial charge is 0.248 e. The Bertz CT molecular complexity index is 1640. The Kier molecular flexibility index (Phi) is 19.8. The van der Waals surface area contributed by atoms with Gasteiger partial charge in [0.25, 0.3) is 0 Å². The number of nitrogens with zero attached hydrogens (tertiary/aromatic N) is 3. The molecule has 0 saturated heterocycles. The van der Waals surface area contributed by atoms with Gasteiger partial charge in [-0.2, -0.15) is 0 Å². The number of aliphatic imine (C=N–C) groups is 1. The number of Topliss-reactive ketones (excluding diaryl/α,β-unsaturated/α-hetero) is 1. The lowest BCUT2D eigenvalue weighted by molar-refractivity contribution is -0.142. The summed E-state index contributed by atoms with van der Waals surface area (Å²) in [5.74, 6) is 1.39. The number of rotatable bonds is 27. The Labute approximate surface area is 343 Å². The highest BCUT2D eigenvalue weighted by Crippen LogP contribution is 2.26. The molecule has 2 aromatic carbocycles. The molecule has 57 heavy (non-hydrogen) atoms. The number of amidine groups is 1. The zero-order valence-corrected chi connectivity index (χ0v) is 36.6. The van der Waals surface area contributed by atoms with E-state index in [0.717, 1.165) is 71.1 Å². The number of methoxy groups -OCH3 is 2. The molecule has 0 saturated carbocycles. The van der Waals surface area contributed by atoms with Gasteiger partial charge in [-0.05, 0) is 102 Å². The number of amides is 2. The molecule has 13 nitrogen and oxygen atoms in total. The summed E-state index contributed by atoms with van der Waals surface area (Å²) in [6.45, 7) is 15.4. The molecule has 0 spiro atoms. The van der Waals surface area contributed by atoms with E-state index < -0.39 is 16.6 Å². The van der Waals surface area contributed by atoms with Crippen molar-refractivity contribution >= 4 is 34.4 Å². The van der Waals surface area contributed by atoms with Crippen molar-refractivity contribution in [2.45, 2.75) is 109 Å². The van der Waals surface area contributed by atoms with Gasteiger partial charge >= 0.3 is 0 Å². The maximum atomic E-state index is 13.5. The normalized spacial score (nSPS) is 13.6. The highest BCUT2D eigenvalue weighted by molar-refractivity contribution is 7.82. The van der Waals surface area contributed by atoms with Crippen LogP contribution in [0.15, 0.2) is 46.3 Å². The van der Waals surface area contributed by atoms with E-state index in [2.05, 4.69) is 15.6 Å². The van der Waals surface area contributed by atoms with E-state index in [4.69, 9.17) is 18.9 Å². The predicted molar refractivity (Wildman–Crippen MR) is 225 cm³/mol. The summed E-state index contributed by atoms with van der Waals surface area (Å²) >= 11 is 0. The van der Waals surface area contributed by atoms with Crippen LogP contribution < -0.4 is 15.4 Å². The van der Waals surface area contributed by atoms with Crippen molar-refractivity contribution in [2.75, 3.05) is 73.8 Å². The molecule has 1 unspecified atom stereocenters. The molecule has 3 rings (SSSR count). The molecule has 0 radical (unpaired) electrons. The van der Waals surface area contributed by atoms with Crippen molar-refractivity contribution in [1.82, 2.24) is 19.8 Å². The first kappa shape index (κ1) is 47.7. The van der Waals surface area contributed by atoms with Crippen LogP contribution in [-0.4, -0.2) is 122 Å². The van der Waals surface area contributed by atoms with Crippen LogP contribution in [0.2, 0.25) is 0 Å². The fourth-order valence-corrected chi connectivity index (χ4v) is 7.44. The third kappa shape index (κ3) is 16.2. The Balaban J connectivity index is 1.43. The highest BCUT2D eigenvalue weighted by Gasteiger charge is 2.29. The number of unbranched alkanes of at least 4 members (excludes halogenated alkanes) is 2. The zero-order valence-electron chi connectivity index (χ0n) is 35.8. The molecule has 14 heteroatoms. The number of ketones is 1. The molecule has 1 aliphatic rings. The first-order chi connectivity index (χ1) is 27.1. The third-order valence-corrected chi connectivity index (χ3v) is 11.9. The number of carbonyl (C=O) groups excluding carboxylic acids is 3. The van der Waals surface area contributed by atoms with Gasteiger partial charge in [-0.25, -0.2) is 8.51 Å². The van der Waals surface area contributed by atoms with Gasteiger partial charge in [-0.1, -0.05) is 24.3 Å². The second kappa shape index (κ2) is 23.6. The molecule has 0 aliphatic carbocycles. The summed E-state index contributed by atoms with van der Waals surface area (Å²) in [6, 6.07) is 11.8. The molecule has 0 bridgehead atoms. The number of hydrogen-bond acceptors (Lipinski definition) is 10. The van der Waals surface area contributed by atoms with E-state index in [-0.39, 0.29) is 49.3 Å². The number of benzene rings is 2. The van der Waals surface area contributed by atoms with E-state index in [1.54, 1.807) is 39.4 Å². The summed E-state index contributed by atoms with van der Waals surface area (Å²) in [5.41, 5.74) is 2.56. The molecule has 1 atom stereocenters. The van der Waals surface area contributed by atoms with Crippen molar-refractivity contribution in [1.29, 1.82) is 0 Å². The van der Waals surface area contributed by atoms with Gasteiger partial charge < -0.3 is 34.5 Å². The van der Waals surface area contributed by atoms with Crippen LogP contribution in [0.5, 0.6) is 5.75 Å². The molecule has 0 aromatic heterocycles. The lowest BCUT2D eigenvalue weighted by Crippen LogP contribution is -2.37. The molecule has 2 amide bonds. The lowest BCUT2D eigenvalue weighted by Gasteiger charge is -2.28. The van der Waals surface area contributed by atoms with Gasteiger partial charge in [0, 0.05) is 65.3 Å². The number of carbonyl (C=O) groups is 3. The monoisotopic (exact) mass is 813 g/mol. The molecule has 0 fully saturated rings. The summed E-state index contributed by atoms with van der Waals surface area (Å²) in [7, 11) is 3.65. The van der Waals surface area contributed by atoms with E-state index in [9.17, 15) is 18.6 Å². The van der Waals surface area contributed by atoms with Crippen LogP contribution in [0, 0.1) is 13.8 Å². The van der Waals surface area contributed by atoms with Crippen LogP contribution in [0.25, 0.3) is 0 Å². The Morgan fingerprint density at radius 2 is 1.63 bits per heavy atom. The van der Waals surface area contributed by atoms with Gasteiger partial charge in [0.15, 0.2) is 5.78 Å². The average Bonchev–Trinajstić information content (AvgIpc) is 3.72. The van der Waals surface area contributed by atoms with Crippen molar-refractivity contribution in [2.24, 2.45) is 4.99 Å². The Hall–Kier alpha value is -3.69. The second-order valence-corrected chi connectivity index (χ2v) is 17.2. The summed E-state index contributed by atoms with van der Waals surface area (Å²) in [4.78, 5) is 45.8. The van der Waals surface area contributed by atoms with Gasteiger partial charge in [0.05, 0.1) is 37.4 Å². The zero-order chi connectivity index (χ0) is 42.0. The van der Waals surface area contributed by atoms with Gasteiger partial charge in [0.1, 0.15) is 34.8 Å². The van der Waals surface area contributed by atoms with Crippen LogP contribution in [0.1, 0.15) is 94.9 Å². The van der Waals surface area contributed by atoms with Crippen LogP contribution >= 0.6 is 0 Å². The van der Waals surface area contributed by atoms with Crippen molar-refractivity contribution in [3.63, 3.8) is 0 Å². The van der Waals surface area contributed by atoms with E-state index in [1.807, 2.05) is 69.0 Å². The number of ether oxygens (including phenoxy) is 4. The number of likely N-dealkylation sites (N-methyl/N-ethyl adjacent to an activating group) is 1. The lowest BCUT2D eigenvalue weighted by atomic mass is 9.98. The van der Waals surface area contributed by atoms with Crippen molar-refractivity contribution in [3.05, 3.63) is 58.7 Å². The molecular formula is C43H67N5O8S. The second-order valence-electron chi connectivity index (χ2n) is 15.7. The molecule has 1 aliphatic heterocycles. The fourth-order valence-electron chi connectivity index (χ4n) is 6.22. The minimum Gasteiger partial charge on any atom is -0.497 e. The maximum Gasteiger partial charge on any atom is 0.248 e. The largest absolute Gasteiger partial charge is 0.497 e. The first-order valence-corrected chi connectivity index (χ1v) is 21.2. The standard InChI is InChI=1S/C43H67N5O8S/c1-32-28-36(53-8)29-33(2)40(32)57(52)47(7)25-27-55-31-39(51)48(30-34-16-18-35(19-17-34)41-45-22-23-46-41)24-12-10-11-21-44-38(50)15-13-14-37(49)43(5,6)56-26-20-42(3,4)54-9/h16-19,28-29H,10-15,20-27,30-31H2,1-9H3,(H,44,50)(H,45,46). The Morgan fingerprint density at radius 3 is 2.26 bits per heavy atom. The minimum atomic E-state index is -1.39. The highest BCUT2D eigenvalue weighted by atomic mass is 32.2. The molecular weight excluding hydrogens is 747 g/mol. The summed E-state index contributed by atoms with van der Waals surface area (Å²) in [6.07, 6.45) is 4.02. The van der Waals surface area contributed by atoms with Crippen molar-refractivity contribution < 1.29 is 37.5 Å². The average molecular weight is 814 g/mol. The van der Waals surface area contributed by atoms with Gasteiger partial charge in [0.2, 0.25) is 11.8 Å². The summed E-state index contributed by atoms with van der Waals surface area (Å²) < 4.78 is 37.5. The molecule has 1 heterocycles. The topological polar surface area (TPSA) is 148 Å². The van der Waals surface area contributed by atoms with Crippen LogP contribution in [0.3, 0.4) is 0 Å². The van der Waals surface area contributed by atoms with E-state index in [0.29, 0.717) is 45.6 Å². The van der Waals surface area contributed by atoms with E-state index in [1.165, 1.54) is 0 Å². The van der Waals surface area contributed by atoms with Crippen LogP contribution in [-0.2, 0) is 46.1 Å². The fraction of sp³-hybridized carbons (Fsp3) is 0.628. The van der Waals surface area contributed by atoms with Crippen molar-refractivity contribution in [3.8, 4) is 5.75 Å². The molecule has 2 aromatic rings. The van der Waals surface area contributed by atoms with Gasteiger partial charge in [-0.15, -0.1) is 0 Å². The quantitative estimate of drug-likeness (QED) is 0.115. The number of nitrogens with one attached hydrogen (secondary N) is 2. The van der Waals surface area contributed by atoms with E-state index >= 15 is 0 Å². The van der Waals surface area contributed by atoms with Crippen LogP contribution in [0.4, 0.5) is 0 Å². The Morgan fingerprint density at radius 1 is 0.930 bits per heavy atom. The SMILES string of the molecule is COc1cc(C)c(S(=O)N(C)CCOCC(=O)N(CCCCCNC(=O)CCCC(=O)C(C)(C)OCCC(C)(C)OC)Cc2ccc(C3=NCCN3)cc2)c(C)c1. The van der Waals surface area contributed by atoms with Gasteiger partial charge in [-0.3, -0.25) is 19.4 Å². The number of aryl methyl sites for hydroxylation is 2. The predicted octanol–water partition coefficient (Wildman–Crippen LogP) is 5.30. The summed E-state index contributed by atoms with van der Waals surface area (Å²) in [5, 5.41) is 6.25. The number of hydrogen-bond donors (Lipinski definition) is 2.